The minimum Gasteiger partial charge on any atom is -0.327 e. The van der Waals surface area contributed by atoms with Gasteiger partial charge in [0.1, 0.15) is 0 Å². The first-order chi connectivity index (χ1) is 7.72. The predicted octanol–water partition coefficient (Wildman–Crippen LogP) is 3.50. The average Bonchev–Trinajstić information content (AvgIpc) is 2.24. The van der Waals surface area contributed by atoms with Crippen molar-refractivity contribution in [3.8, 4) is 0 Å². The molecule has 0 saturated heterocycles. The molecule has 0 heterocycles. The standard InChI is InChI=1S/C15H25N/c1-2-3-4-14(16)15-8-11-5-12(9-15)7-13(6-11)10-15/h2,11-14H,1,3-10,16H2. The maximum Gasteiger partial charge on any atom is 0.00988 e. The molecule has 1 unspecified atom stereocenters. The first kappa shape index (κ1) is 10.8. The van der Waals surface area contributed by atoms with Crippen molar-refractivity contribution in [2.24, 2.45) is 28.9 Å². The lowest BCUT2D eigenvalue weighted by Gasteiger charge is -2.59. The lowest BCUT2D eigenvalue weighted by atomic mass is 9.47. The van der Waals surface area contributed by atoms with Gasteiger partial charge in [0.25, 0.3) is 0 Å². The summed E-state index contributed by atoms with van der Waals surface area (Å²) in [6, 6.07) is 0.443. The molecule has 0 aromatic carbocycles. The van der Waals surface area contributed by atoms with Crippen LogP contribution in [0.2, 0.25) is 0 Å². The van der Waals surface area contributed by atoms with Crippen LogP contribution in [0.15, 0.2) is 12.7 Å². The van der Waals surface area contributed by atoms with Gasteiger partial charge in [-0.15, -0.1) is 6.58 Å². The molecule has 0 aromatic rings. The van der Waals surface area contributed by atoms with E-state index in [9.17, 15) is 0 Å². The van der Waals surface area contributed by atoms with Crippen LogP contribution in [0.3, 0.4) is 0 Å². The summed E-state index contributed by atoms with van der Waals surface area (Å²) in [6.45, 7) is 3.82. The van der Waals surface area contributed by atoms with Crippen molar-refractivity contribution in [2.45, 2.75) is 57.4 Å². The predicted molar refractivity (Wildman–Crippen MR) is 68.0 cm³/mol. The van der Waals surface area contributed by atoms with E-state index in [1.807, 2.05) is 6.08 Å². The van der Waals surface area contributed by atoms with E-state index in [4.69, 9.17) is 5.73 Å². The molecule has 4 fully saturated rings. The third-order valence-electron chi connectivity index (χ3n) is 5.55. The topological polar surface area (TPSA) is 26.0 Å². The Morgan fingerprint density at radius 3 is 2.06 bits per heavy atom. The second kappa shape index (κ2) is 3.87. The van der Waals surface area contributed by atoms with E-state index in [1.165, 1.54) is 38.5 Å². The Kier molecular flexibility index (Phi) is 2.62. The second-order valence-electron chi connectivity index (χ2n) is 6.75. The van der Waals surface area contributed by atoms with Gasteiger partial charge >= 0.3 is 0 Å². The highest BCUT2D eigenvalue weighted by atomic mass is 14.7. The molecule has 2 N–H and O–H groups in total. The maximum atomic E-state index is 6.51. The van der Waals surface area contributed by atoms with Crippen LogP contribution < -0.4 is 5.73 Å². The van der Waals surface area contributed by atoms with Crippen molar-refractivity contribution in [3.05, 3.63) is 12.7 Å². The zero-order valence-electron chi connectivity index (χ0n) is 10.3. The fraction of sp³-hybridized carbons (Fsp3) is 0.867. The molecule has 1 heteroatoms. The van der Waals surface area contributed by atoms with Crippen LogP contribution in [-0.4, -0.2) is 6.04 Å². The molecule has 0 aliphatic heterocycles. The third-order valence-corrected chi connectivity index (χ3v) is 5.55. The van der Waals surface area contributed by atoms with Gasteiger partial charge in [-0.2, -0.15) is 0 Å². The van der Waals surface area contributed by atoms with Crippen LogP contribution in [0.1, 0.15) is 51.4 Å². The summed E-state index contributed by atoms with van der Waals surface area (Å²) in [5, 5.41) is 0. The summed E-state index contributed by atoms with van der Waals surface area (Å²) in [7, 11) is 0. The molecule has 4 bridgehead atoms. The van der Waals surface area contributed by atoms with Crippen LogP contribution in [0, 0.1) is 23.2 Å². The molecule has 4 aliphatic rings. The molecule has 4 saturated carbocycles. The molecule has 4 rings (SSSR count). The van der Waals surface area contributed by atoms with Gasteiger partial charge in [-0.05, 0) is 74.5 Å². The second-order valence-corrected chi connectivity index (χ2v) is 6.75. The lowest BCUT2D eigenvalue weighted by molar-refractivity contribution is -0.0679. The fourth-order valence-corrected chi connectivity index (χ4v) is 5.24. The van der Waals surface area contributed by atoms with Crippen LogP contribution in [0.5, 0.6) is 0 Å². The van der Waals surface area contributed by atoms with Gasteiger partial charge in [-0.3, -0.25) is 0 Å². The molecule has 0 spiro atoms. The maximum absolute atomic E-state index is 6.51. The number of rotatable bonds is 4. The first-order valence-electron chi connectivity index (χ1n) is 7.08. The summed E-state index contributed by atoms with van der Waals surface area (Å²) >= 11 is 0. The van der Waals surface area contributed by atoms with Crippen molar-refractivity contribution in [2.75, 3.05) is 0 Å². The molecule has 16 heavy (non-hydrogen) atoms. The van der Waals surface area contributed by atoms with E-state index in [0.717, 1.165) is 30.6 Å². The van der Waals surface area contributed by atoms with Gasteiger partial charge in [0.2, 0.25) is 0 Å². The Morgan fingerprint density at radius 1 is 1.12 bits per heavy atom. The molecule has 0 radical (unpaired) electrons. The summed E-state index contributed by atoms with van der Waals surface area (Å²) < 4.78 is 0. The first-order valence-corrected chi connectivity index (χ1v) is 7.08. The fourth-order valence-electron chi connectivity index (χ4n) is 5.24. The minimum absolute atomic E-state index is 0.443. The molecule has 90 valence electrons. The molecule has 0 amide bonds. The van der Waals surface area contributed by atoms with Gasteiger partial charge in [-0.25, -0.2) is 0 Å². The number of allylic oxidation sites excluding steroid dienone is 1. The Labute approximate surface area is 99.5 Å². The Balaban J connectivity index is 1.75. The Morgan fingerprint density at radius 2 is 1.62 bits per heavy atom. The molecular weight excluding hydrogens is 194 g/mol. The van der Waals surface area contributed by atoms with Crippen LogP contribution in [0.4, 0.5) is 0 Å². The molecule has 4 aliphatic carbocycles. The van der Waals surface area contributed by atoms with Crippen molar-refractivity contribution in [1.29, 1.82) is 0 Å². The van der Waals surface area contributed by atoms with Crippen LogP contribution in [0.25, 0.3) is 0 Å². The van der Waals surface area contributed by atoms with Crippen molar-refractivity contribution in [1.82, 2.24) is 0 Å². The smallest absolute Gasteiger partial charge is 0.00988 e. The summed E-state index contributed by atoms with van der Waals surface area (Å²) in [4.78, 5) is 0. The van der Waals surface area contributed by atoms with Crippen molar-refractivity contribution in [3.63, 3.8) is 0 Å². The number of hydrogen-bond donors (Lipinski definition) is 1. The number of hydrogen-bond acceptors (Lipinski definition) is 1. The average molecular weight is 219 g/mol. The van der Waals surface area contributed by atoms with Crippen LogP contribution in [-0.2, 0) is 0 Å². The Hall–Kier alpha value is -0.300. The van der Waals surface area contributed by atoms with Gasteiger partial charge in [0.05, 0.1) is 0 Å². The summed E-state index contributed by atoms with van der Waals surface area (Å²) in [5.41, 5.74) is 7.05. The highest BCUT2D eigenvalue weighted by Crippen LogP contribution is 2.61. The van der Waals surface area contributed by atoms with E-state index >= 15 is 0 Å². The van der Waals surface area contributed by atoms with E-state index in [1.54, 1.807) is 0 Å². The van der Waals surface area contributed by atoms with Crippen LogP contribution >= 0.6 is 0 Å². The van der Waals surface area contributed by atoms with E-state index in [2.05, 4.69) is 6.58 Å². The molecule has 1 nitrogen and oxygen atoms in total. The highest BCUT2D eigenvalue weighted by molar-refractivity contribution is 5.05. The quantitative estimate of drug-likeness (QED) is 0.720. The van der Waals surface area contributed by atoms with Gasteiger partial charge in [0, 0.05) is 6.04 Å². The van der Waals surface area contributed by atoms with E-state index in [0.29, 0.717) is 11.5 Å². The molecular formula is C15H25N. The summed E-state index contributed by atoms with van der Waals surface area (Å²) in [6.07, 6.45) is 13.2. The SMILES string of the molecule is C=CCCC(N)C12CC3CC(CC(C3)C1)C2. The van der Waals surface area contributed by atoms with Gasteiger partial charge in [-0.1, -0.05) is 6.08 Å². The van der Waals surface area contributed by atoms with Gasteiger partial charge < -0.3 is 5.73 Å². The molecule has 1 atom stereocenters. The van der Waals surface area contributed by atoms with E-state index < -0.39 is 0 Å². The lowest BCUT2D eigenvalue weighted by Crippen LogP contribution is -2.54. The third kappa shape index (κ3) is 1.64. The zero-order valence-corrected chi connectivity index (χ0v) is 10.3. The molecule has 0 aromatic heterocycles. The zero-order chi connectivity index (χ0) is 11.2. The largest absolute Gasteiger partial charge is 0.327 e. The summed E-state index contributed by atoms with van der Waals surface area (Å²) in [5.74, 6) is 3.09. The Bertz CT molecular complexity index is 246. The van der Waals surface area contributed by atoms with E-state index in [-0.39, 0.29) is 0 Å². The monoisotopic (exact) mass is 219 g/mol. The van der Waals surface area contributed by atoms with Crippen molar-refractivity contribution < 1.29 is 0 Å². The van der Waals surface area contributed by atoms with Gasteiger partial charge in [0.15, 0.2) is 0 Å². The van der Waals surface area contributed by atoms with Crippen molar-refractivity contribution >= 4 is 0 Å². The number of nitrogens with two attached hydrogens (primary N) is 1. The normalized spacial score (nSPS) is 46.9. The minimum atomic E-state index is 0.443. The highest BCUT2D eigenvalue weighted by Gasteiger charge is 2.52.